The highest BCUT2D eigenvalue weighted by molar-refractivity contribution is 6.16. The Balaban J connectivity index is 1.44. The number of hydrogen-bond donors (Lipinski definition) is 1. The van der Waals surface area contributed by atoms with Crippen LogP contribution in [0.3, 0.4) is 0 Å². The molecule has 0 unspecified atom stereocenters. The standard InChI is InChI=1S/C38H32N2O6/c1-22(2)45-27-16-12-25(13-17-27)34(42)32-33(35(43)26-14-18-28(19-15-26)46-23(3)41)40-21-20-24-8-4-5-9-29(24)36(40)38(32)30-10-6-7-11-31(30)39-37(38)44/h4-22,32-33,36H,1-3H3,(H,39,44)/t32-,33-,36+,38+/m0/s1. The van der Waals surface area contributed by atoms with E-state index in [4.69, 9.17) is 9.47 Å². The second kappa shape index (κ2) is 11.1. The van der Waals surface area contributed by atoms with Crippen LogP contribution in [0, 0.1) is 5.92 Å². The van der Waals surface area contributed by atoms with E-state index >= 15 is 0 Å². The molecular formula is C38H32N2O6. The number of fused-ring (bicyclic) bond motifs is 6. The topological polar surface area (TPSA) is 102 Å². The van der Waals surface area contributed by atoms with E-state index in [-0.39, 0.29) is 23.6 Å². The van der Waals surface area contributed by atoms with Gasteiger partial charge in [-0.3, -0.25) is 19.2 Å². The number of Topliss-reactive ketones (excluding diaryl/α,β-unsaturated/α-hetero) is 2. The number of anilines is 1. The Hall–Kier alpha value is -5.50. The maximum absolute atomic E-state index is 15.0. The molecule has 46 heavy (non-hydrogen) atoms. The largest absolute Gasteiger partial charge is 0.491 e. The van der Waals surface area contributed by atoms with Crippen LogP contribution in [0.4, 0.5) is 5.69 Å². The Morgan fingerprint density at radius 3 is 2.13 bits per heavy atom. The number of hydrogen-bond acceptors (Lipinski definition) is 7. The number of amides is 1. The highest BCUT2D eigenvalue weighted by Gasteiger charge is 2.70. The third kappa shape index (κ3) is 4.52. The molecule has 8 heteroatoms. The molecule has 0 bridgehead atoms. The lowest BCUT2D eigenvalue weighted by Gasteiger charge is -2.38. The first kappa shape index (κ1) is 29.2. The van der Waals surface area contributed by atoms with Crippen LogP contribution in [0.1, 0.15) is 64.2 Å². The molecule has 1 fully saturated rings. The van der Waals surface area contributed by atoms with Gasteiger partial charge in [0.2, 0.25) is 5.91 Å². The van der Waals surface area contributed by atoms with E-state index in [1.165, 1.54) is 6.92 Å². The lowest BCUT2D eigenvalue weighted by Crippen LogP contribution is -2.49. The van der Waals surface area contributed by atoms with E-state index in [1.54, 1.807) is 48.5 Å². The van der Waals surface area contributed by atoms with Crippen LogP contribution in [0.25, 0.3) is 6.08 Å². The van der Waals surface area contributed by atoms with Crippen LogP contribution >= 0.6 is 0 Å². The number of carbonyl (C=O) groups excluding carboxylic acids is 4. The highest BCUT2D eigenvalue weighted by atomic mass is 16.5. The number of esters is 1. The van der Waals surface area contributed by atoms with Gasteiger partial charge in [0.15, 0.2) is 11.6 Å². The number of benzene rings is 4. The summed E-state index contributed by atoms with van der Waals surface area (Å²) in [6.45, 7) is 5.15. The monoisotopic (exact) mass is 612 g/mol. The molecule has 1 spiro atoms. The Bertz CT molecular complexity index is 1910. The van der Waals surface area contributed by atoms with Gasteiger partial charge in [-0.1, -0.05) is 42.5 Å². The van der Waals surface area contributed by atoms with Crippen molar-refractivity contribution in [2.75, 3.05) is 5.32 Å². The Kier molecular flexibility index (Phi) is 7.08. The minimum atomic E-state index is -1.43. The number of nitrogens with zero attached hydrogens (tertiary/aromatic N) is 1. The van der Waals surface area contributed by atoms with Crippen LogP contribution in [-0.4, -0.2) is 40.5 Å². The predicted octanol–water partition coefficient (Wildman–Crippen LogP) is 6.38. The number of ether oxygens (including phenoxy) is 2. The van der Waals surface area contributed by atoms with Gasteiger partial charge in [0, 0.05) is 29.9 Å². The average Bonchev–Trinajstić information content (AvgIpc) is 3.52. The smallest absolute Gasteiger partial charge is 0.308 e. The number of para-hydroxylation sites is 1. The zero-order valence-electron chi connectivity index (χ0n) is 25.6. The van der Waals surface area contributed by atoms with Gasteiger partial charge < -0.3 is 19.7 Å². The average molecular weight is 613 g/mol. The van der Waals surface area contributed by atoms with E-state index in [0.717, 1.165) is 11.1 Å². The van der Waals surface area contributed by atoms with Crippen LogP contribution in [-0.2, 0) is 15.0 Å². The summed E-state index contributed by atoms with van der Waals surface area (Å²) in [5, 5.41) is 3.06. The lowest BCUT2D eigenvalue weighted by molar-refractivity contribution is -0.131. The molecule has 0 aliphatic carbocycles. The summed E-state index contributed by atoms with van der Waals surface area (Å²) in [6.07, 6.45) is 3.72. The van der Waals surface area contributed by atoms with Gasteiger partial charge in [0.05, 0.1) is 18.1 Å². The number of rotatable bonds is 7. The molecule has 8 nitrogen and oxygen atoms in total. The van der Waals surface area contributed by atoms with Crippen molar-refractivity contribution in [1.29, 1.82) is 0 Å². The molecule has 1 saturated heterocycles. The van der Waals surface area contributed by atoms with Crippen LogP contribution in [0.15, 0.2) is 103 Å². The van der Waals surface area contributed by atoms with Gasteiger partial charge in [0.25, 0.3) is 0 Å². The third-order valence-electron chi connectivity index (χ3n) is 9.03. The highest BCUT2D eigenvalue weighted by Crippen LogP contribution is 2.62. The molecule has 0 radical (unpaired) electrons. The van der Waals surface area contributed by atoms with Crippen molar-refractivity contribution in [3.63, 3.8) is 0 Å². The van der Waals surface area contributed by atoms with Gasteiger partial charge in [-0.15, -0.1) is 0 Å². The maximum Gasteiger partial charge on any atom is 0.308 e. The van der Waals surface area contributed by atoms with Crippen LogP contribution in [0.2, 0.25) is 0 Å². The Labute approximate surface area is 266 Å². The second-order valence-corrected chi connectivity index (χ2v) is 12.1. The molecule has 230 valence electrons. The summed E-state index contributed by atoms with van der Waals surface area (Å²) in [7, 11) is 0. The van der Waals surface area contributed by atoms with E-state index in [0.29, 0.717) is 33.9 Å². The minimum absolute atomic E-state index is 0.0460. The first-order chi connectivity index (χ1) is 22.2. The fourth-order valence-electron chi connectivity index (χ4n) is 7.34. The van der Waals surface area contributed by atoms with Crippen LogP contribution in [0.5, 0.6) is 11.5 Å². The Morgan fingerprint density at radius 2 is 1.43 bits per heavy atom. The molecule has 4 aromatic carbocycles. The van der Waals surface area contributed by atoms with Crippen molar-refractivity contribution >= 4 is 35.2 Å². The molecule has 3 heterocycles. The van der Waals surface area contributed by atoms with Crippen molar-refractivity contribution in [1.82, 2.24) is 4.90 Å². The SMILES string of the molecule is CC(=O)Oc1ccc(C(=O)[C@@H]2[C@@H](C(=O)c3ccc(OC(C)C)cc3)[C@@]3(C(=O)Nc4ccccc43)[C@H]3c4ccccc4C=CN23)cc1. The Morgan fingerprint density at radius 1 is 0.804 bits per heavy atom. The zero-order chi connectivity index (χ0) is 32.2. The van der Waals surface area contributed by atoms with Gasteiger partial charge in [0.1, 0.15) is 23.0 Å². The molecule has 1 amide bonds. The maximum atomic E-state index is 15.0. The number of carbonyl (C=O) groups is 4. The normalized spacial score (nSPS) is 22.2. The first-order valence-corrected chi connectivity index (χ1v) is 15.3. The second-order valence-electron chi connectivity index (χ2n) is 12.1. The number of ketones is 2. The van der Waals surface area contributed by atoms with E-state index in [1.807, 2.05) is 79.6 Å². The summed E-state index contributed by atoms with van der Waals surface area (Å²) in [4.78, 5) is 57.7. The first-order valence-electron chi connectivity index (χ1n) is 15.3. The molecular weight excluding hydrogens is 580 g/mol. The van der Waals surface area contributed by atoms with E-state index < -0.39 is 29.4 Å². The summed E-state index contributed by atoms with van der Waals surface area (Å²) in [6, 6.07) is 26.7. The molecule has 1 N–H and O–H groups in total. The molecule has 3 aliphatic rings. The molecule has 0 saturated carbocycles. The van der Waals surface area contributed by atoms with Crippen molar-refractivity contribution in [3.05, 3.63) is 131 Å². The zero-order valence-corrected chi connectivity index (χ0v) is 25.6. The van der Waals surface area contributed by atoms with Crippen molar-refractivity contribution in [2.24, 2.45) is 5.92 Å². The molecule has 3 aliphatic heterocycles. The van der Waals surface area contributed by atoms with Crippen LogP contribution < -0.4 is 14.8 Å². The van der Waals surface area contributed by atoms with Gasteiger partial charge >= 0.3 is 5.97 Å². The van der Waals surface area contributed by atoms with Crippen molar-refractivity contribution < 1.29 is 28.7 Å². The molecule has 4 atom stereocenters. The third-order valence-corrected chi connectivity index (χ3v) is 9.03. The lowest BCUT2D eigenvalue weighted by atomic mass is 9.62. The fraction of sp³-hybridized carbons (Fsp3) is 0.211. The fourth-order valence-corrected chi connectivity index (χ4v) is 7.34. The molecule has 0 aromatic heterocycles. The summed E-state index contributed by atoms with van der Waals surface area (Å²) >= 11 is 0. The summed E-state index contributed by atoms with van der Waals surface area (Å²) in [5.41, 5.74) is 2.35. The molecule has 4 aromatic rings. The summed E-state index contributed by atoms with van der Waals surface area (Å²) in [5.74, 6) is -1.63. The van der Waals surface area contributed by atoms with Gasteiger partial charge in [-0.05, 0) is 91.2 Å². The quantitative estimate of drug-likeness (QED) is 0.147. The predicted molar refractivity (Wildman–Crippen MR) is 173 cm³/mol. The number of nitrogens with one attached hydrogen (secondary N) is 1. The van der Waals surface area contributed by atoms with Gasteiger partial charge in [-0.25, -0.2) is 0 Å². The summed E-state index contributed by atoms with van der Waals surface area (Å²) < 4.78 is 11.0. The molecule has 7 rings (SSSR count). The van der Waals surface area contributed by atoms with E-state index in [2.05, 4.69) is 5.32 Å². The van der Waals surface area contributed by atoms with Crippen molar-refractivity contribution in [2.45, 2.75) is 44.4 Å². The van der Waals surface area contributed by atoms with Gasteiger partial charge in [-0.2, -0.15) is 0 Å². The minimum Gasteiger partial charge on any atom is -0.491 e. The van der Waals surface area contributed by atoms with Crippen molar-refractivity contribution in [3.8, 4) is 11.5 Å². The van der Waals surface area contributed by atoms with E-state index in [9.17, 15) is 19.2 Å².